The van der Waals surface area contributed by atoms with Crippen LogP contribution in [-0.4, -0.2) is 17.7 Å². The van der Waals surface area contributed by atoms with E-state index in [9.17, 15) is 14.3 Å². The summed E-state index contributed by atoms with van der Waals surface area (Å²) in [7, 11) is 0. The Hall–Kier alpha value is -2.11. The highest BCUT2D eigenvalue weighted by molar-refractivity contribution is 6.31. The lowest BCUT2D eigenvalue weighted by atomic mass is 10.1. The molecule has 4 nitrogen and oxygen atoms in total. The topological polar surface area (TPSA) is 61.4 Å². The average Bonchev–Trinajstić information content (AvgIpc) is 2.50. The largest absolute Gasteiger partial charge is 0.386 e. The lowest BCUT2D eigenvalue weighted by Crippen LogP contribution is -2.32. The molecule has 2 rings (SSSR count). The highest BCUT2D eigenvalue weighted by Crippen LogP contribution is 2.22. The first-order chi connectivity index (χ1) is 10.5. The second-order valence-electron chi connectivity index (χ2n) is 4.78. The van der Waals surface area contributed by atoms with Crippen molar-refractivity contribution in [1.82, 2.24) is 5.32 Å². The summed E-state index contributed by atoms with van der Waals surface area (Å²) in [5.74, 6) is -0.511. The Bertz CT molecular complexity index is 679. The molecule has 2 amide bonds. The first-order valence-corrected chi connectivity index (χ1v) is 7.09. The van der Waals surface area contributed by atoms with Gasteiger partial charge in [-0.3, -0.25) is 0 Å². The van der Waals surface area contributed by atoms with Crippen molar-refractivity contribution in [2.45, 2.75) is 13.0 Å². The monoisotopic (exact) mass is 322 g/mol. The molecule has 0 aliphatic carbocycles. The van der Waals surface area contributed by atoms with Crippen LogP contribution >= 0.6 is 11.6 Å². The zero-order chi connectivity index (χ0) is 16.1. The third-order valence-electron chi connectivity index (χ3n) is 3.24. The first kappa shape index (κ1) is 16.3. The molecule has 22 heavy (non-hydrogen) atoms. The molecule has 2 aromatic carbocycles. The van der Waals surface area contributed by atoms with Crippen LogP contribution in [0, 0.1) is 12.7 Å². The number of carbonyl (C=O) groups is 1. The number of hydrogen-bond donors (Lipinski definition) is 3. The van der Waals surface area contributed by atoms with Gasteiger partial charge in [0.2, 0.25) is 0 Å². The van der Waals surface area contributed by atoms with Crippen molar-refractivity contribution in [3.8, 4) is 0 Å². The predicted octanol–water partition coefficient (Wildman–Crippen LogP) is 3.64. The minimum atomic E-state index is -1.12. The van der Waals surface area contributed by atoms with Crippen LogP contribution in [0.3, 0.4) is 0 Å². The summed E-state index contributed by atoms with van der Waals surface area (Å²) >= 11 is 5.97. The fourth-order valence-electron chi connectivity index (χ4n) is 1.95. The Balaban J connectivity index is 1.93. The number of carbonyl (C=O) groups excluding carboxylic acids is 1. The zero-order valence-electron chi connectivity index (χ0n) is 11.9. The van der Waals surface area contributed by atoms with Crippen LogP contribution in [0.1, 0.15) is 17.2 Å². The van der Waals surface area contributed by atoms with Crippen LogP contribution in [0.25, 0.3) is 0 Å². The van der Waals surface area contributed by atoms with E-state index in [1.165, 1.54) is 18.2 Å². The van der Waals surface area contributed by atoms with E-state index in [1.54, 1.807) is 31.2 Å². The molecule has 0 saturated carbocycles. The van der Waals surface area contributed by atoms with E-state index in [0.29, 0.717) is 10.7 Å². The number of hydrogen-bond acceptors (Lipinski definition) is 2. The summed E-state index contributed by atoms with van der Waals surface area (Å²) in [6.07, 6.45) is -1.12. The average molecular weight is 323 g/mol. The smallest absolute Gasteiger partial charge is 0.319 e. The van der Waals surface area contributed by atoms with E-state index in [2.05, 4.69) is 10.6 Å². The summed E-state index contributed by atoms with van der Waals surface area (Å²) in [6, 6.07) is 10.6. The molecular formula is C16H16ClFN2O2. The number of anilines is 1. The Kier molecular flexibility index (Phi) is 5.35. The highest BCUT2D eigenvalue weighted by atomic mass is 35.5. The number of benzene rings is 2. The summed E-state index contributed by atoms with van der Waals surface area (Å²) < 4.78 is 13.5. The van der Waals surface area contributed by atoms with Gasteiger partial charge in [0.05, 0.1) is 6.10 Å². The number of urea groups is 1. The van der Waals surface area contributed by atoms with Crippen LogP contribution < -0.4 is 10.6 Å². The molecular weight excluding hydrogens is 307 g/mol. The molecule has 6 heteroatoms. The number of aliphatic hydroxyl groups is 1. The third-order valence-corrected chi connectivity index (χ3v) is 3.65. The standard InChI is InChI=1S/C16H16ClFN2O2/c1-10-12(17)6-4-8-14(10)20-16(22)19-9-15(21)11-5-2-3-7-13(11)18/h2-8,15,21H,9H2,1H3,(H2,19,20,22). The van der Waals surface area contributed by atoms with E-state index in [-0.39, 0.29) is 12.1 Å². The van der Waals surface area contributed by atoms with E-state index < -0.39 is 18.0 Å². The van der Waals surface area contributed by atoms with Crippen molar-refractivity contribution >= 4 is 23.3 Å². The highest BCUT2D eigenvalue weighted by Gasteiger charge is 2.13. The maximum absolute atomic E-state index is 13.5. The molecule has 0 aliphatic heterocycles. The predicted molar refractivity (Wildman–Crippen MR) is 84.6 cm³/mol. The maximum Gasteiger partial charge on any atom is 0.319 e. The number of rotatable bonds is 4. The summed E-state index contributed by atoms with van der Waals surface area (Å²) in [6.45, 7) is 1.68. The number of amides is 2. The molecule has 116 valence electrons. The molecule has 0 fully saturated rings. The molecule has 1 unspecified atom stereocenters. The van der Waals surface area contributed by atoms with Gasteiger partial charge >= 0.3 is 6.03 Å². The molecule has 0 saturated heterocycles. The van der Waals surface area contributed by atoms with Crippen molar-refractivity contribution in [3.05, 3.63) is 64.4 Å². The normalized spacial score (nSPS) is 11.8. The van der Waals surface area contributed by atoms with E-state index in [0.717, 1.165) is 5.56 Å². The molecule has 3 N–H and O–H groups in total. The zero-order valence-corrected chi connectivity index (χ0v) is 12.7. The van der Waals surface area contributed by atoms with Gasteiger partial charge < -0.3 is 15.7 Å². The molecule has 2 aromatic rings. The summed E-state index contributed by atoms with van der Waals surface area (Å²) in [5, 5.41) is 15.6. The summed E-state index contributed by atoms with van der Waals surface area (Å²) in [4.78, 5) is 11.8. The van der Waals surface area contributed by atoms with E-state index in [4.69, 9.17) is 11.6 Å². The number of halogens is 2. The van der Waals surface area contributed by atoms with Crippen molar-refractivity contribution in [2.75, 3.05) is 11.9 Å². The Morgan fingerprint density at radius 3 is 2.73 bits per heavy atom. The van der Waals surface area contributed by atoms with Gasteiger partial charge in [-0.1, -0.05) is 35.9 Å². The quantitative estimate of drug-likeness (QED) is 0.804. The van der Waals surface area contributed by atoms with Crippen LogP contribution in [0.5, 0.6) is 0 Å². The Morgan fingerprint density at radius 1 is 1.27 bits per heavy atom. The van der Waals surface area contributed by atoms with Gasteiger partial charge in [-0.2, -0.15) is 0 Å². The fourth-order valence-corrected chi connectivity index (χ4v) is 2.13. The molecule has 0 bridgehead atoms. The fraction of sp³-hybridized carbons (Fsp3) is 0.188. The van der Waals surface area contributed by atoms with E-state index in [1.807, 2.05) is 0 Å². The number of aliphatic hydroxyl groups excluding tert-OH is 1. The van der Waals surface area contributed by atoms with Crippen molar-refractivity contribution in [2.24, 2.45) is 0 Å². The van der Waals surface area contributed by atoms with Gasteiger partial charge in [0, 0.05) is 22.8 Å². The Morgan fingerprint density at radius 2 is 2.00 bits per heavy atom. The second-order valence-corrected chi connectivity index (χ2v) is 5.19. The van der Waals surface area contributed by atoms with Crippen molar-refractivity contribution in [3.63, 3.8) is 0 Å². The molecule has 0 aromatic heterocycles. The number of nitrogens with one attached hydrogen (secondary N) is 2. The van der Waals surface area contributed by atoms with Crippen LogP contribution in [-0.2, 0) is 0 Å². The minimum absolute atomic E-state index is 0.105. The maximum atomic E-state index is 13.5. The Labute approximate surface area is 132 Å². The molecule has 0 aliphatic rings. The second kappa shape index (κ2) is 7.24. The SMILES string of the molecule is Cc1c(Cl)cccc1NC(=O)NCC(O)c1ccccc1F. The van der Waals surface area contributed by atoms with E-state index >= 15 is 0 Å². The van der Waals surface area contributed by atoms with Gasteiger partial charge in [-0.05, 0) is 30.7 Å². The van der Waals surface area contributed by atoms with Gasteiger partial charge in [0.25, 0.3) is 0 Å². The third kappa shape index (κ3) is 3.96. The molecule has 0 heterocycles. The van der Waals surface area contributed by atoms with Gasteiger partial charge in [-0.25, -0.2) is 9.18 Å². The molecule has 0 radical (unpaired) electrons. The van der Waals surface area contributed by atoms with Crippen LogP contribution in [0.15, 0.2) is 42.5 Å². The van der Waals surface area contributed by atoms with Crippen molar-refractivity contribution in [1.29, 1.82) is 0 Å². The lowest BCUT2D eigenvalue weighted by molar-refractivity contribution is 0.170. The van der Waals surface area contributed by atoms with Gasteiger partial charge in [0.1, 0.15) is 5.82 Å². The lowest BCUT2D eigenvalue weighted by Gasteiger charge is -2.14. The van der Waals surface area contributed by atoms with Crippen molar-refractivity contribution < 1.29 is 14.3 Å². The van der Waals surface area contributed by atoms with Gasteiger partial charge in [-0.15, -0.1) is 0 Å². The summed E-state index contributed by atoms with van der Waals surface area (Å²) in [5.41, 5.74) is 1.46. The van der Waals surface area contributed by atoms with Crippen LogP contribution in [0.4, 0.5) is 14.9 Å². The van der Waals surface area contributed by atoms with Crippen LogP contribution in [0.2, 0.25) is 5.02 Å². The molecule has 1 atom stereocenters. The molecule has 0 spiro atoms. The van der Waals surface area contributed by atoms with Gasteiger partial charge in [0.15, 0.2) is 0 Å². The first-order valence-electron chi connectivity index (χ1n) is 6.71. The minimum Gasteiger partial charge on any atom is -0.386 e.